The number of nitrogens with zero attached hydrogens (tertiary/aromatic N) is 2. The third-order valence-electron chi connectivity index (χ3n) is 3.41. The first-order valence-electron chi connectivity index (χ1n) is 6.85. The molecule has 0 spiro atoms. The molecule has 0 aliphatic rings. The summed E-state index contributed by atoms with van der Waals surface area (Å²) in [5.41, 5.74) is 2.41. The minimum Gasteiger partial charge on any atom is -0.306 e. The summed E-state index contributed by atoms with van der Waals surface area (Å²) in [6.45, 7) is 4.25. The fourth-order valence-electron chi connectivity index (χ4n) is 2.15. The van der Waals surface area contributed by atoms with Crippen LogP contribution in [0.5, 0.6) is 0 Å². The lowest BCUT2D eigenvalue weighted by atomic mass is 10.0. The van der Waals surface area contributed by atoms with Crippen molar-refractivity contribution in [1.29, 1.82) is 0 Å². The molecule has 0 radical (unpaired) electrons. The van der Waals surface area contributed by atoms with Gasteiger partial charge in [0.2, 0.25) is 0 Å². The molecule has 0 bridgehead atoms. The summed E-state index contributed by atoms with van der Waals surface area (Å²) < 4.78 is 0. The highest BCUT2D eigenvalue weighted by Crippen LogP contribution is 2.19. The Hall–Kier alpha value is -2.69. The van der Waals surface area contributed by atoms with Crippen LogP contribution in [0.15, 0.2) is 42.6 Å². The lowest BCUT2D eigenvalue weighted by Gasteiger charge is -2.07. The van der Waals surface area contributed by atoms with Gasteiger partial charge in [-0.15, -0.1) is 0 Å². The van der Waals surface area contributed by atoms with Crippen molar-refractivity contribution in [2.75, 3.05) is 5.32 Å². The van der Waals surface area contributed by atoms with Gasteiger partial charge in [-0.1, -0.05) is 26.0 Å². The topological polar surface area (TPSA) is 70.7 Å². The molecule has 0 aliphatic heterocycles. The second kappa shape index (κ2) is 5.36. The summed E-state index contributed by atoms with van der Waals surface area (Å²) in [6, 6.07) is 11.3. The number of fused-ring (bicyclic) bond motifs is 1. The molecule has 21 heavy (non-hydrogen) atoms. The van der Waals surface area contributed by atoms with Crippen LogP contribution in [0.1, 0.15) is 35.7 Å². The summed E-state index contributed by atoms with van der Waals surface area (Å²) in [5.74, 6) is 0.848. The van der Waals surface area contributed by atoms with E-state index >= 15 is 0 Å². The molecule has 0 fully saturated rings. The highest BCUT2D eigenvalue weighted by molar-refractivity contribution is 6.07. The number of pyridine rings is 1. The third kappa shape index (κ3) is 2.63. The van der Waals surface area contributed by atoms with Gasteiger partial charge >= 0.3 is 0 Å². The van der Waals surface area contributed by atoms with E-state index in [0.29, 0.717) is 22.9 Å². The maximum Gasteiger partial charge on any atom is 0.256 e. The predicted molar refractivity (Wildman–Crippen MR) is 82.4 cm³/mol. The number of aromatic amines is 1. The van der Waals surface area contributed by atoms with Gasteiger partial charge in [0.25, 0.3) is 5.91 Å². The standard InChI is InChI=1S/C16H16N4O/c1-10(2)11-5-7-12(8-6-11)16(21)18-15-13-4-3-9-17-14(13)19-20-15/h3-10H,1-2H3,(H2,17,18,19,20,21). The maximum atomic E-state index is 12.3. The van der Waals surface area contributed by atoms with Crippen molar-refractivity contribution in [2.45, 2.75) is 19.8 Å². The number of nitrogens with one attached hydrogen (secondary N) is 2. The van der Waals surface area contributed by atoms with Crippen LogP contribution in [0, 0.1) is 0 Å². The fraction of sp³-hybridized carbons (Fsp3) is 0.188. The summed E-state index contributed by atoms with van der Waals surface area (Å²) in [4.78, 5) is 16.4. The Bertz CT molecular complexity index is 774. The maximum absolute atomic E-state index is 12.3. The molecule has 5 nitrogen and oxygen atoms in total. The number of carbonyl (C=O) groups is 1. The zero-order chi connectivity index (χ0) is 14.8. The van der Waals surface area contributed by atoms with E-state index in [4.69, 9.17) is 0 Å². The lowest BCUT2D eigenvalue weighted by molar-refractivity contribution is 0.102. The van der Waals surface area contributed by atoms with E-state index in [0.717, 1.165) is 5.39 Å². The molecule has 1 amide bonds. The number of hydrogen-bond donors (Lipinski definition) is 2. The molecule has 1 aromatic carbocycles. The van der Waals surface area contributed by atoms with E-state index in [1.54, 1.807) is 6.20 Å². The van der Waals surface area contributed by atoms with Gasteiger partial charge < -0.3 is 5.32 Å². The Morgan fingerprint density at radius 1 is 1.19 bits per heavy atom. The Labute approximate surface area is 122 Å². The number of benzene rings is 1. The molecule has 0 saturated carbocycles. The number of carbonyl (C=O) groups excluding carboxylic acids is 1. The molecule has 3 rings (SSSR count). The first-order chi connectivity index (χ1) is 10.1. The van der Waals surface area contributed by atoms with Gasteiger partial charge in [0, 0.05) is 11.8 Å². The Balaban J connectivity index is 1.83. The van der Waals surface area contributed by atoms with Crippen molar-refractivity contribution in [3.63, 3.8) is 0 Å². The largest absolute Gasteiger partial charge is 0.306 e. The normalized spacial score (nSPS) is 11.0. The van der Waals surface area contributed by atoms with Crippen LogP contribution >= 0.6 is 0 Å². The first kappa shape index (κ1) is 13.3. The van der Waals surface area contributed by atoms with E-state index < -0.39 is 0 Å². The van der Waals surface area contributed by atoms with E-state index in [9.17, 15) is 4.79 Å². The van der Waals surface area contributed by atoms with Gasteiger partial charge in [-0.05, 0) is 35.7 Å². The van der Waals surface area contributed by atoms with Crippen LogP contribution in [0.3, 0.4) is 0 Å². The molecule has 2 N–H and O–H groups in total. The van der Waals surface area contributed by atoms with Crippen molar-refractivity contribution >= 4 is 22.8 Å². The summed E-state index contributed by atoms with van der Waals surface area (Å²) >= 11 is 0. The van der Waals surface area contributed by atoms with Crippen LogP contribution in [0.4, 0.5) is 5.82 Å². The van der Waals surface area contributed by atoms with E-state index in [1.807, 2.05) is 36.4 Å². The lowest BCUT2D eigenvalue weighted by Crippen LogP contribution is -2.12. The monoisotopic (exact) mass is 280 g/mol. The second-order valence-electron chi connectivity index (χ2n) is 5.20. The third-order valence-corrected chi connectivity index (χ3v) is 3.41. The summed E-state index contributed by atoms with van der Waals surface area (Å²) in [7, 11) is 0. The van der Waals surface area contributed by atoms with Gasteiger partial charge in [0.15, 0.2) is 5.65 Å². The SMILES string of the molecule is CC(C)c1ccc(C(=O)Nc2[nH]nc3ncccc23)cc1. The van der Waals surface area contributed by atoms with Crippen LogP contribution < -0.4 is 5.32 Å². The number of H-pyrrole nitrogens is 1. The molecule has 0 aliphatic carbocycles. The molecule has 2 heterocycles. The van der Waals surface area contributed by atoms with Crippen LogP contribution in [-0.4, -0.2) is 21.1 Å². The molecule has 0 saturated heterocycles. The molecular weight excluding hydrogens is 264 g/mol. The van der Waals surface area contributed by atoms with Gasteiger partial charge in [-0.2, -0.15) is 5.10 Å². The van der Waals surface area contributed by atoms with E-state index in [-0.39, 0.29) is 5.91 Å². The van der Waals surface area contributed by atoms with Gasteiger partial charge in [-0.25, -0.2) is 4.98 Å². The highest BCUT2D eigenvalue weighted by atomic mass is 16.1. The molecule has 0 atom stereocenters. The second-order valence-corrected chi connectivity index (χ2v) is 5.20. The Morgan fingerprint density at radius 3 is 2.67 bits per heavy atom. The van der Waals surface area contributed by atoms with Gasteiger partial charge in [0.1, 0.15) is 5.82 Å². The van der Waals surface area contributed by atoms with E-state index in [2.05, 4.69) is 34.3 Å². The molecule has 0 unspecified atom stereocenters. The predicted octanol–water partition coefficient (Wildman–Crippen LogP) is 3.33. The molecule has 106 valence electrons. The average molecular weight is 280 g/mol. The Kier molecular flexibility index (Phi) is 3.39. The molecule has 2 aromatic heterocycles. The number of amides is 1. The van der Waals surface area contributed by atoms with Crippen LogP contribution in [0.2, 0.25) is 0 Å². The van der Waals surface area contributed by atoms with Crippen molar-refractivity contribution in [1.82, 2.24) is 15.2 Å². The van der Waals surface area contributed by atoms with Gasteiger partial charge in [-0.3, -0.25) is 9.89 Å². The number of rotatable bonds is 3. The highest BCUT2D eigenvalue weighted by Gasteiger charge is 2.11. The van der Waals surface area contributed by atoms with Crippen molar-refractivity contribution in [2.24, 2.45) is 0 Å². The van der Waals surface area contributed by atoms with Crippen molar-refractivity contribution < 1.29 is 4.79 Å². The van der Waals surface area contributed by atoms with E-state index in [1.165, 1.54) is 5.56 Å². The molecule has 3 aromatic rings. The zero-order valence-corrected chi connectivity index (χ0v) is 11.9. The minimum atomic E-state index is -0.167. The quantitative estimate of drug-likeness (QED) is 0.773. The average Bonchev–Trinajstić information content (AvgIpc) is 2.91. The fourth-order valence-corrected chi connectivity index (χ4v) is 2.15. The van der Waals surface area contributed by atoms with Crippen molar-refractivity contribution in [3.05, 3.63) is 53.7 Å². The first-order valence-corrected chi connectivity index (χ1v) is 6.85. The summed E-state index contributed by atoms with van der Waals surface area (Å²) in [5, 5.41) is 10.5. The van der Waals surface area contributed by atoms with Crippen LogP contribution in [-0.2, 0) is 0 Å². The van der Waals surface area contributed by atoms with Crippen LogP contribution in [0.25, 0.3) is 11.0 Å². The number of anilines is 1. The Morgan fingerprint density at radius 2 is 1.95 bits per heavy atom. The van der Waals surface area contributed by atoms with Crippen molar-refractivity contribution in [3.8, 4) is 0 Å². The summed E-state index contributed by atoms with van der Waals surface area (Å²) in [6.07, 6.45) is 1.67. The minimum absolute atomic E-state index is 0.167. The van der Waals surface area contributed by atoms with Gasteiger partial charge in [0.05, 0.1) is 5.39 Å². The number of aromatic nitrogens is 3. The smallest absolute Gasteiger partial charge is 0.256 e. The number of hydrogen-bond acceptors (Lipinski definition) is 3. The zero-order valence-electron chi connectivity index (χ0n) is 11.9. The molecule has 5 heteroatoms. The molecular formula is C16H16N4O.